The Hall–Kier alpha value is -0.610. The van der Waals surface area contributed by atoms with Crippen LogP contribution in [-0.2, 0) is 4.79 Å². The lowest BCUT2D eigenvalue weighted by molar-refractivity contribution is -0.122. The number of nitrogens with one attached hydrogen (secondary N) is 2. The van der Waals surface area contributed by atoms with Gasteiger partial charge < -0.3 is 15.5 Å². The summed E-state index contributed by atoms with van der Waals surface area (Å²) >= 11 is 0. The number of hydrogen-bond acceptors (Lipinski definition) is 3. The molecular weight excluding hydrogens is 214 g/mol. The van der Waals surface area contributed by atoms with Crippen molar-refractivity contribution in [2.24, 2.45) is 5.92 Å². The molecule has 0 aromatic carbocycles. The molecule has 4 heteroatoms. The van der Waals surface area contributed by atoms with Crippen LogP contribution < -0.4 is 10.6 Å². The van der Waals surface area contributed by atoms with E-state index in [1.807, 2.05) is 0 Å². The maximum atomic E-state index is 11.6. The van der Waals surface area contributed by atoms with Gasteiger partial charge in [0.2, 0.25) is 5.91 Å². The first-order chi connectivity index (χ1) is 8.25. The van der Waals surface area contributed by atoms with Gasteiger partial charge in [0, 0.05) is 25.6 Å². The molecule has 1 aliphatic carbocycles. The summed E-state index contributed by atoms with van der Waals surface area (Å²) < 4.78 is 0. The van der Waals surface area contributed by atoms with Gasteiger partial charge in [-0.1, -0.05) is 12.8 Å². The topological polar surface area (TPSA) is 44.4 Å². The van der Waals surface area contributed by atoms with E-state index in [2.05, 4.69) is 22.6 Å². The lowest BCUT2D eigenvalue weighted by Gasteiger charge is -2.27. The van der Waals surface area contributed by atoms with Crippen LogP contribution in [0.5, 0.6) is 0 Å². The largest absolute Gasteiger partial charge is 0.355 e. The molecule has 2 rings (SSSR count). The minimum atomic E-state index is 0.219. The number of rotatable bonds is 6. The molecule has 0 bridgehead atoms. The molecule has 1 saturated heterocycles. The van der Waals surface area contributed by atoms with Crippen LogP contribution in [0.15, 0.2) is 0 Å². The Morgan fingerprint density at radius 2 is 2.06 bits per heavy atom. The summed E-state index contributed by atoms with van der Waals surface area (Å²) in [4.78, 5) is 14.0. The summed E-state index contributed by atoms with van der Waals surface area (Å²) in [5.74, 6) is 0.791. The van der Waals surface area contributed by atoms with Crippen LogP contribution in [0.1, 0.15) is 32.1 Å². The second-order valence-electron chi connectivity index (χ2n) is 5.50. The molecule has 1 amide bonds. The van der Waals surface area contributed by atoms with Gasteiger partial charge in [0.15, 0.2) is 0 Å². The average Bonchev–Trinajstić information content (AvgIpc) is 2.76. The molecule has 2 fully saturated rings. The minimum Gasteiger partial charge on any atom is -0.355 e. The summed E-state index contributed by atoms with van der Waals surface area (Å²) in [5, 5.41) is 6.22. The van der Waals surface area contributed by atoms with E-state index in [-0.39, 0.29) is 5.91 Å². The van der Waals surface area contributed by atoms with Crippen molar-refractivity contribution in [2.45, 2.75) is 38.1 Å². The van der Waals surface area contributed by atoms with Crippen LogP contribution in [0.4, 0.5) is 0 Å². The number of nitrogens with zero attached hydrogens (tertiary/aromatic N) is 1. The average molecular weight is 239 g/mol. The van der Waals surface area contributed by atoms with Gasteiger partial charge >= 0.3 is 0 Å². The highest BCUT2D eigenvalue weighted by Crippen LogP contribution is 2.21. The van der Waals surface area contributed by atoms with Crippen molar-refractivity contribution in [3.05, 3.63) is 0 Å². The van der Waals surface area contributed by atoms with Gasteiger partial charge in [0.1, 0.15) is 0 Å². The Labute approximate surface area is 104 Å². The molecule has 2 aliphatic rings. The third kappa shape index (κ3) is 3.96. The minimum absolute atomic E-state index is 0.219. The van der Waals surface area contributed by atoms with Gasteiger partial charge in [-0.15, -0.1) is 0 Å². The van der Waals surface area contributed by atoms with E-state index < -0.39 is 0 Å². The maximum Gasteiger partial charge on any atom is 0.220 e. The van der Waals surface area contributed by atoms with E-state index in [1.165, 1.54) is 25.7 Å². The van der Waals surface area contributed by atoms with Crippen LogP contribution in [0, 0.1) is 5.92 Å². The van der Waals surface area contributed by atoms with Crippen molar-refractivity contribution in [3.63, 3.8) is 0 Å². The Morgan fingerprint density at radius 3 is 2.65 bits per heavy atom. The molecular formula is C13H25N3O. The van der Waals surface area contributed by atoms with E-state index in [0.717, 1.165) is 32.2 Å². The van der Waals surface area contributed by atoms with Crippen molar-refractivity contribution in [3.8, 4) is 0 Å². The Balaban J connectivity index is 1.53. The zero-order valence-electron chi connectivity index (χ0n) is 10.9. The second-order valence-corrected chi connectivity index (χ2v) is 5.50. The molecule has 1 aliphatic heterocycles. The Kier molecular flexibility index (Phi) is 4.80. The van der Waals surface area contributed by atoms with Crippen LogP contribution in [0.2, 0.25) is 0 Å². The van der Waals surface area contributed by atoms with E-state index in [4.69, 9.17) is 0 Å². The van der Waals surface area contributed by atoms with Gasteiger partial charge in [0.25, 0.3) is 0 Å². The third-order valence-corrected chi connectivity index (χ3v) is 4.07. The van der Waals surface area contributed by atoms with E-state index >= 15 is 0 Å². The fraction of sp³-hybridized carbons (Fsp3) is 0.923. The normalized spacial score (nSPS) is 21.8. The highest BCUT2D eigenvalue weighted by atomic mass is 16.1. The van der Waals surface area contributed by atoms with Crippen LogP contribution in [0.3, 0.4) is 0 Å². The summed E-state index contributed by atoms with van der Waals surface area (Å²) in [5.41, 5.74) is 0. The summed E-state index contributed by atoms with van der Waals surface area (Å²) in [6.07, 6.45) is 6.10. The van der Waals surface area contributed by atoms with E-state index in [0.29, 0.717) is 12.3 Å². The second kappa shape index (κ2) is 6.36. The maximum absolute atomic E-state index is 11.6. The molecule has 0 unspecified atom stereocenters. The van der Waals surface area contributed by atoms with Gasteiger partial charge in [-0.3, -0.25) is 4.79 Å². The molecule has 0 spiro atoms. The summed E-state index contributed by atoms with van der Waals surface area (Å²) in [6, 6.07) is 0.753. The molecule has 0 aromatic rings. The first-order valence-corrected chi connectivity index (χ1v) is 6.93. The molecule has 98 valence electrons. The molecule has 0 aromatic heterocycles. The molecule has 2 N–H and O–H groups in total. The smallest absolute Gasteiger partial charge is 0.220 e. The van der Waals surface area contributed by atoms with Gasteiger partial charge in [-0.25, -0.2) is 0 Å². The van der Waals surface area contributed by atoms with Gasteiger partial charge in [-0.05, 0) is 38.9 Å². The van der Waals surface area contributed by atoms with Crippen molar-refractivity contribution in [1.82, 2.24) is 15.5 Å². The van der Waals surface area contributed by atoms with Crippen molar-refractivity contribution in [2.75, 3.05) is 33.2 Å². The highest BCUT2D eigenvalue weighted by Gasteiger charge is 2.21. The molecule has 4 nitrogen and oxygen atoms in total. The Bertz CT molecular complexity index is 247. The standard InChI is InChI=1S/C13H25N3O/c1-16(12-4-2-3-5-12)7-6-15-13(17)8-11-9-14-10-11/h11-12,14H,2-10H2,1H3,(H,15,17). The number of carbonyl (C=O) groups is 1. The third-order valence-electron chi connectivity index (χ3n) is 4.07. The number of carbonyl (C=O) groups excluding carboxylic acids is 1. The number of hydrogen-bond donors (Lipinski definition) is 2. The molecule has 1 saturated carbocycles. The first kappa shape index (κ1) is 12.8. The molecule has 17 heavy (non-hydrogen) atoms. The summed E-state index contributed by atoms with van der Waals surface area (Å²) in [6.45, 7) is 3.80. The van der Waals surface area contributed by atoms with Crippen LogP contribution in [0.25, 0.3) is 0 Å². The van der Waals surface area contributed by atoms with Crippen molar-refractivity contribution < 1.29 is 4.79 Å². The van der Waals surface area contributed by atoms with Gasteiger partial charge in [0.05, 0.1) is 0 Å². The van der Waals surface area contributed by atoms with Crippen molar-refractivity contribution in [1.29, 1.82) is 0 Å². The van der Waals surface area contributed by atoms with Gasteiger partial charge in [-0.2, -0.15) is 0 Å². The number of likely N-dealkylation sites (N-methyl/N-ethyl adjacent to an activating group) is 1. The van der Waals surface area contributed by atoms with E-state index in [9.17, 15) is 4.79 Å². The predicted molar refractivity (Wildman–Crippen MR) is 68.9 cm³/mol. The number of amides is 1. The molecule has 1 heterocycles. The molecule has 0 radical (unpaired) electrons. The van der Waals surface area contributed by atoms with Crippen LogP contribution in [-0.4, -0.2) is 50.1 Å². The van der Waals surface area contributed by atoms with E-state index in [1.54, 1.807) is 0 Å². The predicted octanol–water partition coefficient (Wildman–Crippen LogP) is 0.587. The zero-order valence-corrected chi connectivity index (χ0v) is 10.9. The monoisotopic (exact) mass is 239 g/mol. The Morgan fingerprint density at radius 1 is 1.35 bits per heavy atom. The van der Waals surface area contributed by atoms with Crippen molar-refractivity contribution >= 4 is 5.91 Å². The molecule has 0 atom stereocenters. The first-order valence-electron chi connectivity index (χ1n) is 6.93. The highest BCUT2D eigenvalue weighted by molar-refractivity contribution is 5.76. The quantitative estimate of drug-likeness (QED) is 0.713. The lowest BCUT2D eigenvalue weighted by Crippen LogP contribution is -2.45. The zero-order chi connectivity index (χ0) is 12.1. The van der Waals surface area contributed by atoms with Crippen LogP contribution >= 0.6 is 0 Å². The fourth-order valence-corrected chi connectivity index (χ4v) is 2.73. The lowest BCUT2D eigenvalue weighted by atomic mass is 9.99. The SMILES string of the molecule is CN(CCNC(=O)CC1CNC1)C1CCCC1. The fourth-order valence-electron chi connectivity index (χ4n) is 2.73. The summed E-state index contributed by atoms with van der Waals surface area (Å²) in [7, 11) is 2.18.